The number of anilines is 4. The molecule has 2 aliphatic heterocycles. The van der Waals surface area contributed by atoms with Crippen molar-refractivity contribution < 1.29 is 4.74 Å². The fourth-order valence-electron chi connectivity index (χ4n) is 4.10. The molecule has 1 fully saturated rings. The van der Waals surface area contributed by atoms with E-state index in [0.717, 1.165) is 49.7 Å². The summed E-state index contributed by atoms with van der Waals surface area (Å²) in [6.45, 7) is 7.52. The molecule has 138 valence electrons. The Labute approximate surface area is 155 Å². The minimum atomic E-state index is 0.232. The summed E-state index contributed by atoms with van der Waals surface area (Å²) in [5.41, 5.74) is 4.89. The van der Waals surface area contributed by atoms with Crippen LogP contribution in [0.5, 0.6) is 0 Å². The van der Waals surface area contributed by atoms with Crippen molar-refractivity contribution in [3.8, 4) is 0 Å². The minimum absolute atomic E-state index is 0.232. The van der Waals surface area contributed by atoms with Gasteiger partial charge in [-0.2, -0.15) is 0 Å². The third kappa shape index (κ3) is 3.49. The number of fused-ring (bicyclic) bond motifs is 2. The van der Waals surface area contributed by atoms with Crippen LogP contribution in [0.25, 0.3) is 0 Å². The van der Waals surface area contributed by atoms with Crippen molar-refractivity contribution in [1.29, 1.82) is 0 Å². The molecule has 4 rings (SSSR count). The summed E-state index contributed by atoms with van der Waals surface area (Å²) in [6, 6.07) is 10.7. The number of nitrogens with one attached hydrogen (secondary N) is 2. The first-order valence-electron chi connectivity index (χ1n) is 9.41. The molecule has 1 aromatic heterocycles. The van der Waals surface area contributed by atoms with Gasteiger partial charge in [-0.05, 0) is 42.5 Å². The van der Waals surface area contributed by atoms with Gasteiger partial charge in [0.1, 0.15) is 5.82 Å². The Hall–Kier alpha value is -2.27. The molecule has 3 heterocycles. The molecule has 2 aromatic rings. The molecule has 26 heavy (non-hydrogen) atoms. The van der Waals surface area contributed by atoms with Crippen molar-refractivity contribution >= 4 is 22.9 Å². The molecule has 5 nitrogen and oxygen atoms in total. The van der Waals surface area contributed by atoms with Crippen molar-refractivity contribution in [1.82, 2.24) is 4.98 Å². The number of nitrogens with zero attached hydrogens (tertiary/aromatic N) is 2. The number of benzene rings is 1. The van der Waals surface area contributed by atoms with Crippen LogP contribution in [-0.4, -0.2) is 31.3 Å². The molecule has 1 aromatic carbocycles. The summed E-state index contributed by atoms with van der Waals surface area (Å²) in [5.74, 6) is 0.936. The zero-order valence-electron chi connectivity index (χ0n) is 15.9. The lowest BCUT2D eigenvalue weighted by Crippen LogP contribution is -2.32. The number of hydrogen-bond donors (Lipinski definition) is 2. The fraction of sp³-hybridized carbons (Fsp3) is 0.476. The van der Waals surface area contributed by atoms with Gasteiger partial charge in [-0.3, -0.25) is 0 Å². The third-order valence-corrected chi connectivity index (χ3v) is 5.44. The zero-order chi connectivity index (χ0) is 18.1. The largest absolute Gasteiger partial charge is 0.381 e. The molecule has 0 unspecified atom stereocenters. The molecule has 1 atom stereocenters. The minimum Gasteiger partial charge on any atom is -0.381 e. The van der Waals surface area contributed by atoms with Crippen LogP contribution in [0.1, 0.15) is 32.3 Å². The lowest BCUT2D eigenvalue weighted by atomic mass is 9.86. The van der Waals surface area contributed by atoms with Crippen LogP contribution in [0.2, 0.25) is 0 Å². The summed E-state index contributed by atoms with van der Waals surface area (Å²) < 4.78 is 5.68. The van der Waals surface area contributed by atoms with Crippen molar-refractivity contribution in [3.63, 3.8) is 0 Å². The van der Waals surface area contributed by atoms with Crippen LogP contribution in [0, 0.1) is 5.41 Å². The first-order chi connectivity index (χ1) is 12.5. The van der Waals surface area contributed by atoms with Gasteiger partial charge < -0.3 is 20.3 Å². The fourth-order valence-corrected chi connectivity index (χ4v) is 4.10. The smallest absolute Gasteiger partial charge is 0.135 e. The normalized spacial score (nSPS) is 21.5. The van der Waals surface area contributed by atoms with E-state index in [2.05, 4.69) is 58.6 Å². The van der Waals surface area contributed by atoms with Crippen LogP contribution < -0.4 is 15.5 Å². The lowest BCUT2D eigenvalue weighted by Gasteiger charge is -2.32. The van der Waals surface area contributed by atoms with Gasteiger partial charge in [-0.1, -0.05) is 19.9 Å². The van der Waals surface area contributed by atoms with Crippen LogP contribution >= 0.6 is 0 Å². The van der Waals surface area contributed by atoms with Gasteiger partial charge in [0, 0.05) is 44.2 Å². The summed E-state index contributed by atoms with van der Waals surface area (Å²) in [5, 5.41) is 7.03. The van der Waals surface area contributed by atoms with Crippen molar-refractivity contribution in [2.24, 2.45) is 5.41 Å². The number of aromatic nitrogens is 1. The average molecular weight is 352 g/mol. The Kier molecular flexibility index (Phi) is 4.49. The molecule has 0 spiro atoms. The summed E-state index contributed by atoms with van der Waals surface area (Å²) >= 11 is 0. The number of methoxy groups -OCH3 is 1. The molecule has 1 saturated heterocycles. The molecular weight excluding hydrogens is 324 g/mol. The topological polar surface area (TPSA) is 49.4 Å². The summed E-state index contributed by atoms with van der Waals surface area (Å²) in [6.07, 6.45) is 4.34. The van der Waals surface area contributed by atoms with Gasteiger partial charge in [0.15, 0.2) is 0 Å². The quantitative estimate of drug-likeness (QED) is 0.839. The highest BCUT2D eigenvalue weighted by Gasteiger charge is 2.30. The monoisotopic (exact) mass is 352 g/mol. The Balaban J connectivity index is 1.59. The standard InChI is InChI=1S/C21H28N4O/c1-21(2)12-17(26-3)8-10-25(14-21)16-6-7-18-19(11-16)23-13-15-5-4-9-22-20(15)24-18/h4-7,9,11,17,23H,8,10,12-14H2,1-3H3,(H,22,24)/t17-/m0/s1. The first kappa shape index (κ1) is 17.2. The Morgan fingerprint density at radius 2 is 2.12 bits per heavy atom. The van der Waals surface area contributed by atoms with Crippen LogP contribution in [0.3, 0.4) is 0 Å². The number of rotatable bonds is 2. The van der Waals surface area contributed by atoms with E-state index in [1.807, 2.05) is 19.4 Å². The Morgan fingerprint density at radius 3 is 2.96 bits per heavy atom. The Bertz CT molecular complexity index is 789. The van der Waals surface area contributed by atoms with Gasteiger partial charge in [0.2, 0.25) is 0 Å². The van der Waals surface area contributed by atoms with Gasteiger partial charge >= 0.3 is 0 Å². The highest BCUT2D eigenvalue weighted by Crippen LogP contribution is 2.37. The van der Waals surface area contributed by atoms with E-state index < -0.39 is 0 Å². The molecule has 0 aliphatic carbocycles. The SMILES string of the molecule is CO[C@H]1CCN(c2ccc3c(c2)NCc2cccnc2N3)CC(C)(C)C1. The predicted molar refractivity (Wildman–Crippen MR) is 107 cm³/mol. The third-order valence-electron chi connectivity index (χ3n) is 5.44. The van der Waals surface area contributed by atoms with Crippen LogP contribution in [-0.2, 0) is 11.3 Å². The predicted octanol–water partition coefficient (Wildman–Crippen LogP) is 4.39. The van der Waals surface area contributed by atoms with Gasteiger partial charge in [0.25, 0.3) is 0 Å². The molecular formula is C21H28N4O. The number of ether oxygens (including phenoxy) is 1. The van der Waals surface area contributed by atoms with E-state index in [1.54, 1.807) is 0 Å². The van der Waals surface area contributed by atoms with E-state index in [0.29, 0.717) is 6.10 Å². The van der Waals surface area contributed by atoms with E-state index in [4.69, 9.17) is 4.74 Å². The maximum Gasteiger partial charge on any atom is 0.135 e. The maximum atomic E-state index is 5.68. The lowest BCUT2D eigenvalue weighted by molar-refractivity contribution is 0.0678. The molecule has 0 saturated carbocycles. The van der Waals surface area contributed by atoms with Crippen LogP contribution in [0.4, 0.5) is 22.9 Å². The zero-order valence-corrected chi connectivity index (χ0v) is 15.9. The molecule has 2 aliphatic rings. The number of hydrogen-bond acceptors (Lipinski definition) is 5. The molecule has 2 N–H and O–H groups in total. The molecule has 0 radical (unpaired) electrons. The second kappa shape index (κ2) is 6.80. The van der Waals surface area contributed by atoms with Gasteiger partial charge in [-0.25, -0.2) is 4.98 Å². The van der Waals surface area contributed by atoms with E-state index in [-0.39, 0.29) is 5.41 Å². The second-order valence-corrected chi connectivity index (χ2v) is 8.16. The van der Waals surface area contributed by atoms with Crippen molar-refractivity contribution in [2.75, 3.05) is 35.7 Å². The highest BCUT2D eigenvalue weighted by molar-refractivity contribution is 5.79. The van der Waals surface area contributed by atoms with Crippen LogP contribution in [0.15, 0.2) is 36.5 Å². The van der Waals surface area contributed by atoms with E-state index >= 15 is 0 Å². The summed E-state index contributed by atoms with van der Waals surface area (Å²) in [7, 11) is 1.83. The highest BCUT2D eigenvalue weighted by atomic mass is 16.5. The second-order valence-electron chi connectivity index (χ2n) is 8.16. The van der Waals surface area contributed by atoms with Gasteiger partial charge in [0.05, 0.1) is 17.5 Å². The maximum absolute atomic E-state index is 5.68. The molecule has 0 amide bonds. The van der Waals surface area contributed by atoms with E-state index in [9.17, 15) is 0 Å². The molecule has 5 heteroatoms. The molecule has 0 bridgehead atoms. The van der Waals surface area contributed by atoms with Gasteiger partial charge in [-0.15, -0.1) is 0 Å². The van der Waals surface area contributed by atoms with Crippen molar-refractivity contribution in [2.45, 2.75) is 39.3 Å². The van der Waals surface area contributed by atoms with E-state index in [1.165, 1.54) is 11.3 Å². The Morgan fingerprint density at radius 1 is 1.23 bits per heavy atom. The number of pyridine rings is 1. The first-order valence-corrected chi connectivity index (χ1v) is 9.41. The summed E-state index contributed by atoms with van der Waals surface area (Å²) in [4.78, 5) is 6.96. The average Bonchev–Trinajstić information content (AvgIpc) is 2.91. The van der Waals surface area contributed by atoms with Crippen molar-refractivity contribution in [3.05, 3.63) is 42.1 Å².